The molecule has 0 spiro atoms. The molecule has 22 heavy (non-hydrogen) atoms. The second-order valence-corrected chi connectivity index (χ2v) is 6.02. The maximum atomic E-state index is 12.5. The molecule has 1 aromatic heterocycles. The molecule has 4 nitrogen and oxygen atoms in total. The van der Waals surface area contributed by atoms with E-state index in [1.54, 1.807) is 6.92 Å². The van der Waals surface area contributed by atoms with Gasteiger partial charge >= 0.3 is 0 Å². The van der Waals surface area contributed by atoms with Gasteiger partial charge in [-0.3, -0.25) is 14.5 Å². The molecule has 1 N–H and O–H groups in total. The molecule has 0 atom stereocenters. The lowest BCUT2D eigenvalue weighted by atomic mass is 10.1. The van der Waals surface area contributed by atoms with Crippen molar-refractivity contribution in [1.29, 1.82) is 0 Å². The van der Waals surface area contributed by atoms with Crippen LogP contribution in [0.2, 0.25) is 0 Å². The molecule has 0 aliphatic carbocycles. The Labute approximate surface area is 133 Å². The summed E-state index contributed by atoms with van der Waals surface area (Å²) < 4.78 is 0. The quantitative estimate of drug-likeness (QED) is 0.882. The summed E-state index contributed by atoms with van der Waals surface area (Å²) in [4.78, 5) is 27.1. The molecule has 3 rings (SSSR count). The molecule has 0 saturated heterocycles. The minimum Gasteiger partial charge on any atom is -0.350 e. The average Bonchev–Trinajstić information content (AvgIpc) is 3.09. The van der Waals surface area contributed by atoms with Crippen molar-refractivity contribution in [2.45, 2.75) is 13.8 Å². The van der Waals surface area contributed by atoms with Gasteiger partial charge in [0.05, 0.1) is 5.57 Å². The first-order chi connectivity index (χ1) is 10.6. The number of carbonyl (C=O) groups is 2. The molecule has 0 saturated carbocycles. The number of nitrogens with one attached hydrogen (secondary N) is 1. The number of imide groups is 1. The van der Waals surface area contributed by atoms with Crippen LogP contribution >= 0.6 is 11.3 Å². The van der Waals surface area contributed by atoms with Gasteiger partial charge in [-0.1, -0.05) is 23.8 Å². The topological polar surface area (TPSA) is 49.4 Å². The molecule has 2 heterocycles. The molecule has 0 bridgehead atoms. The smallest absolute Gasteiger partial charge is 0.278 e. The van der Waals surface area contributed by atoms with E-state index in [0.717, 1.165) is 16.1 Å². The Kier molecular flexibility index (Phi) is 3.81. The van der Waals surface area contributed by atoms with Crippen LogP contribution in [-0.2, 0) is 9.59 Å². The number of benzene rings is 1. The van der Waals surface area contributed by atoms with E-state index < -0.39 is 0 Å². The summed E-state index contributed by atoms with van der Waals surface area (Å²) >= 11 is 1.46. The summed E-state index contributed by atoms with van der Waals surface area (Å²) in [6.07, 6.45) is 0. The summed E-state index contributed by atoms with van der Waals surface area (Å²) in [5, 5.41) is 5.03. The first-order valence-corrected chi connectivity index (χ1v) is 7.97. The molecule has 0 fully saturated rings. The number of hydrogen-bond donors (Lipinski definition) is 1. The van der Waals surface area contributed by atoms with Crippen molar-refractivity contribution in [3.05, 3.63) is 57.9 Å². The first-order valence-electron chi connectivity index (χ1n) is 7.10. The van der Waals surface area contributed by atoms with Gasteiger partial charge in [-0.2, -0.15) is 0 Å². The minimum atomic E-state index is -0.267. The second kappa shape index (κ2) is 5.77. The number of hydrogen-bond acceptors (Lipinski definition) is 4. The van der Waals surface area contributed by atoms with Gasteiger partial charge in [-0.15, -0.1) is 11.3 Å². The van der Waals surface area contributed by atoms with E-state index in [1.807, 2.05) is 48.7 Å². The van der Waals surface area contributed by atoms with Gasteiger partial charge in [0.1, 0.15) is 5.70 Å². The maximum Gasteiger partial charge on any atom is 0.278 e. The Bertz CT molecular complexity index is 745. The number of nitrogens with zero attached hydrogens (tertiary/aromatic N) is 1. The number of likely N-dealkylation sites (N-methyl/N-ethyl adjacent to an activating group) is 1. The van der Waals surface area contributed by atoms with E-state index in [-0.39, 0.29) is 11.8 Å². The van der Waals surface area contributed by atoms with Gasteiger partial charge in [0.25, 0.3) is 11.8 Å². The maximum absolute atomic E-state index is 12.5. The van der Waals surface area contributed by atoms with Crippen molar-refractivity contribution in [2.24, 2.45) is 0 Å². The van der Waals surface area contributed by atoms with Crippen molar-refractivity contribution >= 4 is 34.4 Å². The van der Waals surface area contributed by atoms with Gasteiger partial charge in [0.15, 0.2) is 0 Å². The second-order valence-electron chi connectivity index (χ2n) is 5.07. The number of anilines is 1. The molecule has 2 amide bonds. The molecule has 1 aliphatic rings. The molecular weight excluding hydrogens is 296 g/mol. The highest BCUT2D eigenvalue weighted by Crippen LogP contribution is 2.32. The van der Waals surface area contributed by atoms with Crippen LogP contribution in [0.4, 0.5) is 5.69 Å². The number of aryl methyl sites for hydroxylation is 1. The molecular formula is C17H16N2O2S. The van der Waals surface area contributed by atoms with E-state index in [4.69, 9.17) is 0 Å². The Hall–Kier alpha value is -2.40. The summed E-state index contributed by atoms with van der Waals surface area (Å²) in [5.41, 5.74) is 2.76. The van der Waals surface area contributed by atoms with Crippen LogP contribution in [0, 0.1) is 6.92 Å². The van der Waals surface area contributed by atoms with Crippen LogP contribution in [0.3, 0.4) is 0 Å². The largest absolute Gasteiger partial charge is 0.350 e. The highest BCUT2D eigenvalue weighted by Gasteiger charge is 2.38. The van der Waals surface area contributed by atoms with Gasteiger partial charge in [-0.05, 0) is 37.4 Å². The summed E-state index contributed by atoms with van der Waals surface area (Å²) in [6, 6.07) is 11.5. The van der Waals surface area contributed by atoms with E-state index in [9.17, 15) is 9.59 Å². The van der Waals surface area contributed by atoms with E-state index in [2.05, 4.69) is 5.32 Å². The average molecular weight is 312 g/mol. The van der Waals surface area contributed by atoms with Crippen molar-refractivity contribution < 1.29 is 9.59 Å². The Morgan fingerprint density at radius 2 is 1.82 bits per heavy atom. The third kappa shape index (κ3) is 2.44. The van der Waals surface area contributed by atoms with Crippen LogP contribution in [0.25, 0.3) is 5.57 Å². The zero-order chi connectivity index (χ0) is 15.7. The number of thiophene rings is 1. The van der Waals surface area contributed by atoms with E-state index >= 15 is 0 Å². The fourth-order valence-electron chi connectivity index (χ4n) is 2.41. The Balaban J connectivity index is 2.04. The number of rotatable bonds is 4. The monoisotopic (exact) mass is 312 g/mol. The highest BCUT2D eigenvalue weighted by molar-refractivity contribution is 7.11. The molecule has 112 valence electrons. The number of carbonyl (C=O) groups excluding carboxylic acids is 2. The van der Waals surface area contributed by atoms with Crippen molar-refractivity contribution in [1.82, 2.24) is 4.90 Å². The van der Waals surface area contributed by atoms with Gasteiger partial charge < -0.3 is 5.32 Å². The SMILES string of the molecule is CCN1C(=O)C(Nc2ccc(C)cc2)=C(c2cccs2)C1=O. The fraction of sp³-hybridized carbons (Fsp3) is 0.176. The predicted molar refractivity (Wildman–Crippen MR) is 88.4 cm³/mol. The third-order valence-corrected chi connectivity index (χ3v) is 4.46. The molecule has 0 radical (unpaired) electrons. The standard InChI is InChI=1S/C17H16N2O2S/c1-3-19-16(20)14(13-5-4-10-22-13)15(17(19)21)18-12-8-6-11(2)7-9-12/h4-10,18H,3H2,1-2H3. The molecule has 1 aliphatic heterocycles. The number of amides is 2. The first kappa shape index (κ1) is 14.5. The van der Waals surface area contributed by atoms with Crippen LogP contribution in [-0.4, -0.2) is 23.3 Å². The summed E-state index contributed by atoms with van der Waals surface area (Å²) in [7, 11) is 0. The van der Waals surface area contributed by atoms with Gasteiger partial charge in [0.2, 0.25) is 0 Å². The lowest BCUT2D eigenvalue weighted by molar-refractivity contribution is -0.136. The summed E-state index contributed by atoms with van der Waals surface area (Å²) in [5.74, 6) is -0.499. The van der Waals surface area contributed by atoms with Crippen molar-refractivity contribution in [3.63, 3.8) is 0 Å². The highest BCUT2D eigenvalue weighted by atomic mass is 32.1. The molecule has 0 unspecified atom stereocenters. The van der Waals surface area contributed by atoms with Crippen LogP contribution < -0.4 is 5.32 Å². The van der Waals surface area contributed by atoms with Gasteiger partial charge in [0, 0.05) is 17.1 Å². The summed E-state index contributed by atoms with van der Waals surface area (Å²) in [6.45, 7) is 4.17. The van der Waals surface area contributed by atoms with Crippen LogP contribution in [0.1, 0.15) is 17.4 Å². The normalized spacial score (nSPS) is 14.9. The predicted octanol–water partition coefficient (Wildman–Crippen LogP) is 3.27. The van der Waals surface area contributed by atoms with Gasteiger partial charge in [-0.25, -0.2) is 0 Å². The lowest BCUT2D eigenvalue weighted by Crippen LogP contribution is -2.32. The Morgan fingerprint density at radius 3 is 2.41 bits per heavy atom. The van der Waals surface area contributed by atoms with Crippen LogP contribution in [0.15, 0.2) is 47.5 Å². The zero-order valence-electron chi connectivity index (χ0n) is 12.4. The van der Waals surface area contributed by atoms with E-state index in [1.165, 1.54) is 16.2 Å². The lowest BCUT2D eigenvalue weighted by Gasteiger charge is -2.12. The molecule has 5 heteroatoms. The van der Waals surface area contributed by atoms with Crippen molar-refractivity contribution in [3.8, 4) is 0 Å². The van der Waals surface area contributed by atoms with Crippen molar-refractivity contribution in [2.75, 3.05) is 11.9 Å². The molecule has 2 aromatic rings. The van der Waals surface area contributed by atoms with Crippen LogP contribution in [0.5, 0.6) is 0 Å². The van der Waals surface area contributed by atoms with E-state index in [0.29, 0.717) is 17.8 Å². The third-order valence-electron chi connectivity index (χ3n) is 3.57. The minimum absolute atomic E-state index is 0.232. The fourth-order valence-corrected chi connectivity index (χ4v) is 3.18. The molecule has 1 aromatic carbocycles. The Morgan fingerprint density at radius 1 is 1.09 bits per heavy atom. The zero-order valence-corrected chi connectivity index (χ0v) is 13.2.